The van der Waals surface area contributed by atoms with Crippen LogP contribution in [0.2, 0.25) is 0 Å². The van der Waals surface area contributed by atoms with Crippen LogP contribution in [0.3, 0.4) is 0 Å². The highest BCUT2D eigenvalue weighted by molar-refractivity contribution is 6.10. The number of aromatic carboxylic acids is 1. The number of carbonyl (C=O) groups excluding carboxylic acids is 1. The van der Waals surface area contributed by atoms with Crippen LogP contribution in [-0.4, -0.2) is 33.1 Å². The van der Waals surface area contributed by atoms with Crippen LogP contribution in [-0.2, 0) is 12.0 Å². The van der Waals surface area contributed by atoms with E-state index in [9.17, 15) is 19.8 Å². The molecule has 0 aliphatic rings. The number of fused-ring (bicyclic) bond motifs is 1. The smallest absolute Gasteiger partial charge is 0.335 e. The maximum absolute atomic E-state index is 12.1. The second-order valence-corrected chi connectivity index (χ2v) is 6.87. The van der Waals surface area contributed by atoms with Gasteiger partial charge in [-0.25, -0.2) is 4.79 Å². The SMILES string of the molecule is CC(=O)c1c(C)n(CCO)c2c(C(C)(C)C)cc(C(=O)O)cc12. The first kappa shape index (κ1) is 17.2. The Morgan fingerprint density at radius 1 is 1.22 bits per heavy atom. The molecule has 0 spiro atoms. The molecular formula is C18H23NO4. The van der Waals surface area contributed by atoms with Crippen LogP contribution in [0.15, 0.2) is 12.1 Å². The fraction of sp³-hybridized carbons (Fsp3) is 0.444. The molecule has 2 N–H and O–H groups in total. The topological polar surface area (TPSA) is 79.5 Å². The zero-order valence-electron chi connectivity index (χ0n) is 14.2. The van der Waals surface area contributed by atoms with Gasteiger partial charge in [0.25, 0.3) is 0 Å². The summed E-state index contributed by atoms with van der Waals surface area (Å²) in [7, 11) is 0. The van der Waals surface area contributed by atoms with Crippen molar-refractivity contribution < 1.29 is 19.8 Å². The van der Waals surface area contributed by atoms with Crippen molar-refractivity contribution in [2.24, 2.45) is 0 Å². The molecule has 0 fully saturated rings. The van der Waals surface area contributed by atoms with Crippen molar-refractivity contribution in [3.8, 4) is 0 Å². The molecule has 0 saturated carbocycles. The van der Waals surface area contributed by atoms with Crippen molar-refractivity contribution in [1.82, 2.24) is 4.57 Å². The molecule has 1 aromatic heterocycles. The number of aliphatic hydroxyl groups is 1. The molecule has 0 aliphatic heterocycles. The average molecular weight is 317 g/mol. The summed E-state index contributed by atoms with van der Waals surface area (Å²) in [6, 6.07) is 3.23. The summed E-state index contributed by atoms with van der Waals surface area (Å²) < 4.78 is 1.91. The maximum Gasteiger partial charge on any atom is 0.335 e. The van der Waals surface area contributed by atoms with Crippen LogP contribution in [0.5, 0.6) is 0 Å². The normalized spacial score (nSPS) is 11.9. The number of carboxylic acids is 1. The largest absolute Gasteiger partial charge is 0.478 e. The van der Waals surface area contributed by atoms with E-state index < -0.39 is 5.97 Å². The molecule has 124 valence electrons. The molecule has 5 nitrogen and oxygen atoms in total. The molecular weight excluding hydrogens is 294 g/mol. The molecule has 23 heavy (non-hydrogen) atoms. The monoisotopic (exact) mass is 317 g/mol. The van der Waals surface area contributed by atoms with Gasteiger partial charge in [-0.2, -0.15) is 0 Å². The van der Waals surface area contributed by atoms with Gasteiger partial charge in [0.05, 0.1) is 17.7 Å². The maximum atomic E-state index is 12.1. The van der Waals surface area contributed by atoms with E-state index in [1.54, 1.807) is 12.1 Å². The van der Waals surface area contributed by atoms with Crippen molar-refractivity contribution in [3.05, 3.63) is 34.5 Å². The molecule has 0 amide bonds. The third-order valence-corrected chi connectivity index (χ3v) is 4.15. The van der Waals surface area contributed by atoms with Gasteiger partial charge < -0.3 is 14.8 Å². The lowest BCUT2D eigenvalue weighted by atomic mass is 9.84. The molecule has 0 aliphatic carbocycles. The Bertz CT molecular complexity index is 794. The Morgan fingerprint density at radius 2 is 1.83 bits per heavy atom. The number of rotatable bonds is 4. The number of ketones is 1. The van der Waals surface area contributed by atoms with E-state index in [2.05, 4.69) is 0 Å². The fourth-order valence-corrected chi connectivity index (χ4v) is 3.13. The number of aromatic nitrogens is 1. The lowest BCUT2D eigenvalue weighted by Gasteiger charge is -2.22. The minimum absolute atomic E-state index is 0.0494. The van der Waals surface area contributed by atoms with Gasteiger partial charge >= 0.3 is 5.97 Å². The van der Waals surface area contributed by atoms with Crippen LogP contribution in [0.1, 0.15) is 59.7 Å². The molecule has 1 aromatic carbocycles. The lowest BCUT2D eigenvalue weighted by Crippen LogP contribution is -2.16. The second kappa shape index (κ2) is 5.81. The molecule has 2 aromatic rings. The lowest BCUT2D eigenvalue weighted by molar-refractivity contribution is 0.0696. The number of nitrogens with zero attached hydrogens (tertiary/aromatic N) is 1. The minimum Gasteiger partial charge on any atom is -0.478 e. The predicted molar refractivity (Wildman–Crippen MR) is 89.4 cm³/mol. The molecule has 1 heterocycles. The van der Waals surface area contributed by atoms with Gasteiger partial charge in [0, 0.05) is 23.2 Å². The van der Waals surface area contributed by atoms with Crippen LogP contribution < -0.4 is 0 Å². The molecule has 0 saturated heterocycles. The molecule has 2 rings (SSSR count). The summed E-state index contributed by atoms with van der Waals surface area (Å²) in [5.41, 5.74) is 2.86. The van der Waals surface area contributed by atoms with Gasteiger partial charge in [0.15, 0.2) is 5.78 Å². The highest BCUT2D eigenvalue weighted by Gasteiger charge is 2.26. The van der Waals surface area contributed by atoms with Gasteiger partial charge in [0.1, 0.15) is 0 Å². The molecule has 5 heteroatoms. The Kier molecular flexibility index (Phi) is 4.35. The number of hydrogen-bond acceptors (Lipinski definition) is 3. The average Bonchev–Trinajstić information content (AvgIpc) is 2.69. The summed E-state index contributed by atoms with van der Waals surface area (Å²) in [6.07, 6.45) is 0. The number of carbonyl (C=O) groups is 2. The first-order chi connectivity index (χ1) is 10.6. The van der Waals surface area contributed by atoms with E-state index in [1.807, 2.05) is 32.3 Å². The summed E-state index contributed by atoms with van der Waals surface area (Å²) in [4.78, 5) is 23.6. The highest BCUT2D eigenvalue weighted by Crippen LogP contribution is 2.36. The van der Waals surface area contributed by atoms with Crippen LogP contribution in [0.25, 0.3) is 10.9 Å². The van der Waals surface area contributed by atoms with E-state index >= 15 is 0 Å². The fourth-order valence-electron chi connectivity index (χ4n) is 3.13. The van der Waals surface area contributed by atoms with Crippen molar-refractivity contribution in [2.45, 2.75) is 46.6 Å². The van der Waals surface area contributed by atoms with Crippen LogP contribution >= 0.6 is 0 Å². The van der Waals surface area contributed by atoms with Crippen molar-refractivity contribution >= 4 is 22.7 Å². The zero-order valence-corrected chi connectivity index (χ0v) is 14.2. The summed E-state index contributed by atoms with van der Waals surface area (Å²) in [6.45, 7) is 9.65. The van der Waals surface area contributed by atoms with Crippen molar-refractivity contribution in [1.29, 1.82) is 0 Å². The number of Topliss-reactive ketones (excluding diaryl/α,β-unsaturated/α-hetero) is 1. The van der Waals surface area contributed by atoms with Crippen LogP contribution in [0, 0.1) is 6.92 Å². The summed E-state index contributed by atoms with van der Waals surface area (Å²) in [5, 5.41) is 19.4. The number of carboxylic acid groups (broad SMARTS) is 1. The van der Waals surface area contributed by atoms with E-state index in [1.165, 1.54) is 6.92 Å². The van der Waals surface area contributed by atoms with Gasteiger partial charge in [-0.15, -0.1) is 0 Å². The second-order valence-electron chi connectivity index (χ2n) is 6.87. The Balaban J connectivity index is 3.05. The summed E-state index contributed by atoms with van der Waals surface area (Å²) >= 11 is 0. The molecule has 0 bridgehead atoms. The number of benzene rings is 1. The highest BCUT2D eigenvalue weighted by atomic mass is 16.4. The van der Waals surface area contributed by atoms with Gasteiger partial charge in [-0.05, 0) is 37.0 Å². The Morgan fingerprint density at radius 3 is 2.26 bits per heavy atom. The quantitative estimate of drug-likeness (QED) is 0.849. The van der Waals surface area contributed by atoms with Gasteiger partial charge in [-0.3, -0.25) is 4.79 Å². The van der Waals surface area contributed by atoms with Crippen molar-refractivity contribution in [2.75, 3.05) is 6.61 Å². The van der Waals surface area contributed by atoms with E-state index in [-0.39, 0.29) is 23.4 Å². The first-order valence-corrected chi connectivity index (χ1v) is 7.62. The van der Waals surface area contributed by atoms with E-state index in [0.29, 0.717) is 17.5 Å². The Labute approximate surface area is 135 Å². The predicted octanol–water partition coefficient (Wildman–Crippen LogP) is 3.14. The van der Waals surface area contributed by atoms with E-state index in [0.717, 1.165) is 16.8 Å². The standard InChI is InChI=1S/C18H23NO4/c1-10-15(11(2)21)13-8-12(17(22)23)9-14(18(3,4)5)16(13)19(10)6-7-20/h8-9,20H,6-7H2,1-5H3,(H,22,23). The Hall–Kier alpha value is -2.14. The van der Waals surface area contributed by atoms with Crippen LogP contribution in [0.4, 0.5) is 0 Å². The molecule has 0 radical (unpaired) electrons. The first-order valence-electron chi connectivity index (χ1n) is 7.62. The number of hydrogen-bond donors (Lipinski definition) is 2. The minimum atomic E-state index is -1.01. The van der Waals surface area contributed by atoms with Crippen molar-refractivity contribution in [3.63, 3.8) is 0 Å². The van der Waals surface area contributed by atoms with Gasteiger partial charge in [-0.1, -0.05) is 20.8 Å². The van der Waals surface area contributed by atoms with Gasteiger partial charge in [0.2, 0.25) is 0 Å². The third kappa shape index (κ3) is 2.88. The number of aliphatic hydroxyl groups excluding tert-OH is 1. The third-order valence-electron chi connectivity index (χ3n) is 4.15. The molecule has 0 unspecified atom stereocenters. The molecule has 0 atom stereocenters. The van der Waals surface area contributed by atoms with E-state index in [4.69, 9.17) is 0 Å². The summed E-state index contributed by atoms with van der Waals surface area (Å²) in [5.74, 6) is -1.12. The zero-order chi connectivity index (χ0) is 17.5.